The Hall–Kier alpha value is -3.29. The number of hydrogen-bond donors (Lipinski definition) is 2. The fourth-order valence-electron chi connectivity index (χ4n) is 4.72. The monoisotopic (exact) mass is 438 g/mol. The zero-order valence-corrected chi connectivity index (χ0v) is 18.7. The third kappa shape index (κ3) is 4.49. The fourth-order valence-corrected chi connectivity index (χ4v) is 4.72. The van der Waals surface area contributed by atoms with Crippen LogP contribution in [0.15, 0.2) is 47.3 Å². The molecule has 32 heavy (non-hydrogen) atoms. The summed E-state index contributed by atoms with van der Waals surface area (Å²) in [5, 5.41) is 5.81. The molecule has 0 aliphatic carbocycles. The van der Waals surface area contributed by atoms with Crippen LogP contribution in [0, 0.1) is 11.8 Å². The van der Waals surface area contributed by atoms with Gasteiger partial charge in [-0.05, 0) is 48.6 Å². The van der Waals surface area contributed by atoms with Gasteiger partial charge in [0.05, 0.1) is 7.11 Å². The molecule has 2 aliphatic heterocycles. The number of fused-ring (bicyclic) bond motifs is 4. The molecule has 3 unspecified atom stereocenters. The first kappa shape index (κ1) is 21.9. The van der Waals surface area contributed by atoms with Crippen LogP contribution in [0.4, 0.5) is 10.5 Å². The molecule has 2 aliphatic rings. The van der Waals surface area contributed by atoms with E-state index in [1.165, 1.54) is 0 Å². The van der Waals surface area contributed by atoms with E-state index in [0.29, 0.717) is 31.1 Å². The van der Waals surface area contributed by atoms with E-state index in [0.717, 1.165) is 12.1 Å². The first-order valence-corrected chi connectivity index (χ1v) is 11.1. The second-order valence-electron chi connectivity index (χ2n) is 8.99. The molecule has 3 atom stereocenters. The van der Waals surface area contributed by atoms with E-state index in [1.54, 1.807) is 48.4 Å². The first-order chi connectivity index (χ1) is 15.4. The maximum absolute atomic E-state index is 13.1. The maximum Gasteiger partial charge on any atom is 0.318 e. The normalized spacial score (nSPS) is 20.3. The van der Waals surface area contributed by atoms with Gasteiger partial charge in [0.25, 0.3) is 5.56 Å². The molecule has 1 aromatic carbocycles. The lowest BCUT2D eigenvalue weighted by molar-refractivity contribution is -0.118. The average molecular weight is 439 g/mol. The molecule has 2 aromatic rings. The highest BCUT2D eigenvalue weighted by molar-refractivity contribution is 5.97. The number of carbonyl (C=O) groups is 2. The lowest BCUT2D eigenvalue weighted by Gasteiger charge is -2.43. The maximum atomic E-state index is 13.1. The lowest BCUT2D eigenvalue weighted by Crippen LogP contribution is -2.56. The van der Waals surface area contributed by atoms with Gasteiger partial charge in [-0.15, -0.1) is 0 Å². The Kier molecular flexibility index (Phi) is 6.21. The van der Waals surface area contributed by atoms with Gasteiger partial charge in [0.2, 0.25) is 5.91 Å². The van der Waals surface area contributed by atoms with Crippen molar-refractivity contribution in [3.63, 3.8) is 0 Å². The Balaban J connectivity index is 1.43. The van der Waals surface area contributed by atoms with Crippen molar-refractivity contribution >= 4 is 17.6 Å². The number of benzene rings is 1. The van der Waals surface area contributed by atoms with Crippen molar-refractivity contribution in [1.82, 2.24) is 14.8 Å². The number of nitrogens with zero attached hydrogens (tertiary/aromatic N) is 2. The van der Waals surface area contributed by atoms with Crippen molar-refractivity contribution < 1.29 is 14.3 Å². The number of urea groups is 1. The van der Waals surface area contributed by atoms with E-state index in [2.05, 4.69) is 10.6 Å². The molecular weight excluding hydrogens is 408 g/mol. The number of pyridine rings is 1. The summed E-state index contributed by atoms with van der Waals surface area (Å²) in [5.41, 5.74) is 1.65. The summed E-state index contributed by atoms with van der Waals surface area (Å²) in [5.74, 6) is 0.732. The third-order valence-corrected chi connectivity index (χ3v) is 6.35. The van der Waals surface area contributed by atoms with Gasteiger partial charge < -0.3 is 24.8 Å². The summed E-state index contributed by atoms with van der Waals surface area (Å²) < 4.78 is 6.99. The Bertz CT molecular complexity index is 1050. The van der Waals surface area contributed by atoms with Crippen LogP contribution in [0.25, 0.3) is 0 Å². The minimum Gasteiger partial charge on any atom is -0.497 e. The number of carbonyl (C=O) groups excluding carboxylic acids is 2. The number of hydrogen-bond acceptors (Lipinski definition) is 4. The average Bonchev–Trinajstić information content (AvgIpc) is 2.78. The van der Waals surface area contributed by atoms with E-state index in [9.17, 15) is 14.4 Å². The molecule has 2 N–H and O–H groups in total. The van der Waals surface area contributed by atoms with E-state index in [1.807, 2.05) is 24.5 Å². The van der Waals surface area contributed by atoms with Crippen LogP contribution in [-0.4, -0.2) is 47.6 Å². The number of piperidine rings is 1. The molecule has 170 valence electrons. The molecular formula is C24H30N4O4. The van der Waals surface area contributed by atoms with Crippen molar-refractivity contribution in [2.45, 2.75) is 38.8 Å². The molecule has 0 radical (unpaired) electrons. The van der Waals surface area contributed by atoms with Crippen molar-refractivity contribution in [2.75, 3.05) is 25.5 Å². The highest BCUT2D eigenvalue weighted by atomic mass is 16.5. The standard InChI is InChI=1S/C24H30N4O4/c1-15(2)22(23(30)25-18-7-9-19(32-3)10-8-18)26-24(31)27-12-16-11-17(14-27)20-5-4-6-21(29)28(20)13-16/h4-10,15-17,22H,11-14H2,1-3H3,(H,25,30)(H,26,31). The van der Waals surface area contributed by atoms with Crippen molar-refractivity contribution in [1.29, 1.82) is 0 Å². The quantitative estimate of drug-likeness (QED) is 0.751. The molecule has 0 spiro atoms. The van der Waals surface area contributed by atoms with Crippen LogP contribution in [-0.2, 0) is 11.3 Å². The number of ether oxygens (including phenoxy) is 1. The van der Waals surface area contributed by atoms with Crippen molar-refractivity contribution in [2.24, 2.45) is 11.8 Å². The number of methoxy groups -OCH3 is 1. The van der Waals surface area contributed by atoms with Gasteiger partial charge in [-0.25, -0.2) is 4.79 Å². The molecule has 1 fully saturated rings. The second-order valence-corrected chi connectivity index (χ2v) is 8.99. The van der Waals surface area contributed by atoms with Crippen LogP contribution in [0.2, 0.25) is 0 Å². The van der Waals surface area contributed by atoms with Crippen LogP contribution >= 0.6 is 0 Å². The van der Waals surface area contributed by atoms with Crippen LogP contribution in [0.1, 0.15) is 31.9 Å². The van der Waals surface area contributed by atoms with Crippen molar-refractivity contribution in [3.05, 3.63) is 58.5 Å². The van der Waals surface area contributed by atoms with Gasteiger partial charge in [-0.1, -0.05) is 19.9 Å². The molecule has 0 saturated carbocycles. The molecule has 8 nitrogen and oxygen atoms in total. The minimum absolute atomic E-state index is 0.0187. The van der Waals surface area contributed by atoms with Crippen LogP contribution < -0.4 is 20.9 Å². The van der Waals surface area contributed by atoms with Gasteiger partial charge >= 0.3 is 6.03 Å². The smallest absolute Gasteiger partial charge is 0.318 e. The van der Waals surface area contributed by atoms with Gasteiger partial charge in [0, 0.05) is 43.0 Å². The molecule has 2 bridgehead atoms. The first-order valence-electron chi connectivity index (χ1n) is 11.1. The number of aromatic nitrogens is 1. The summed E-state index contributed by atoms with van der Waals surface area (Å²) in [4.78, 5) is 40.0. The number of nitrogens with one attached hydrogen (secondary N) is 2. The third-order valence-electron chi connectivity index (χ3n) is 6.35. The Morgan fingerprint density at radius 2 is 1.81 bits per heavy atom. The van der Waals surface area contributed by atoms with Crippen LogP contribution in [0.3, 0.4) is 0 Å². The fraction of sp³-hybridized carbons (Fsp3) is 0.458. The van der Waals surface area contributed by atoms with E-state index in [4.69, 9.17) is 4.74 Å². The largest absolute Gasteiger partial charge is 0.497 e. The Morgan fingerprint density at radius 3 is 2.50 bits per heavy atom. The highest BCUT2D eigenvalue weighted by Crippen LogP contribution is 2.35. The van der Waals surface area contributed by atoms with Crippen LogP contribution in [0.5, 0.6) is 5.75 Å². The molecule has 1 saturated heterocycles. The SMILES string of the molecule is COc1ccc(NC(=O)C(NC(=O)N2CC3CC(C2)c2cccc(=O)n2C3)C(C)C)cc1. The zero-order chi connectivity index (χ0) is 22.8. The van der Waals surface area contributed by atoms with Gasteiger partial charge in [0.1, 0.15) is 11.8 Å². The second kappa shape index (κ2) is 9.06. The predicted octanol–water partition coefficient (Wildman–Crippen LogP) is 2.65. The number of likely N-dealkylation sites (tertiary alicyclic amines) is 1. The number of anilines is 1. The molecule has 3 heterocycles. The van der Waals surface area contributed by atoms with Gasteiger partial charge in [-0.3, -0.25) is 9.59 Å². The molecule has 8 heteroatoms. The summed E-state index contributed by atoms with van der Waals surface area (Å²) in [6.45, 7) is 5.56. The number of amides is 3. The zero-order valence-electron chi connectivity index (χ0n) is 18.7. The Labute approximate surface area is 187 Å². The topological polar surface area (TPSA) is 92.7 Å². The highest BCUT2D eigenvalue weighted by Gasteiger charge is 2.37. The lowest BCUT2D eigenvalue weighted by atomic mass is 9.83. The number of rotatable bonds is 5. The predicted molar refractivity (Wildman–Crippen MR) is 122 cm³/mol. The summed E-state index contributed by atoms with van der Waals surface area (Å²) >= 11 is 0. The molecule has 4 rings (SSSR count). The molecule has 1 aromatic heterocycles. The van der Waals surface area contributed by atoms with E-state index in [-0.39, 0.29) is 35.3 Å². The summed E-state index contributed by atoms with van der Waals surface area (Å²) in [6, 6.07) is 11.5. The van der Waals surface area contributed by atoms with E-state index < -0.39 is 6.04 Å². The Morgan fingerprint density at radius 1 is 1.06 bits per heavy atom. The summed E-state index contributed by atoms with van der Waals surface area (Å²) in [6.07, 6.45) is 0.971. The van der Waals surface area contributed by atoms with Gasteiger partial charge in [-0.2, -0.15) is 0 Å². The van der Waals surface area contributed by atoms with Crippen molar-refractivity contribution in [3.8, 4) is 5.75 Å². The van der Waals surface area contributed by atoms with Gasteiger partial charge in [0.15, 0.2) is 0 Å². The van der Waals surface area contributed by atoms with E-state index >= 15 is 0 Å². The molecule has 3 amide bonds. The summed E-state index contributed by atoms with van der Waals surface area (Å²) in [7, 11) is 1.59. The minimum atomic E-state index is -0.665.